The van der Waals surface area contributed by atoms with Crippen LogP contribution >= 0.6 is 0 Å². The highest BCUT2D eigenvalue weighted by atomic mass is 32.2. The van der Waals surface area contributed by atoms with E-state index in [9.17, 15) is 8.42 Å². The van der Waals surface area contributed by atoms with Crippen molar-refractivity contribution in [2.75, 3.05) is 0 Å². The first kappa shape index (κ1) is 9.45. The minimum absolute atomic E-state index is 0.00463. The summed E-state index contributed by atoms with van der Waals surface area (Å²) in [4.78, 5) is -0.00463. The molecule has 0 saturated carbocycles. The van der Waals surface area contributed by atoms with Gasteiger partial charge in [0.2, 0.25) is 0 Å². The van der Waals surface area contributed by atoms with Gasteiger partial charge in [-0.15, -0.1) is 0 Å². The van der Waals surface area contributed by atoms with E-state index in [-0.39, 0.29) is 10.4 Å². The number of benzene rings is 1. The first-order valence-corrected chi connectivity index (χ1v) is 5.49. The van der Waals surface area contributed by atoms with Gasteiger partial charge in [0, 0.05) is 10.9 Å². The Morgan fingerprint density at radius 2 is 1.93 bits per heavy atom. The van der Waals surface area contributed by atoms with Gasteiger partial charge in [0.1, 0.15) is 0 Å². The third-order valence-corrected chi connectivity index (χ3v) is 3.60. The topological polar surface area (TPSA) is 74.6 Å². The van der Waals surface area contributed by atoms with Gasteiger partial charge < -0.3 is 10.0 Å². The van der Waals surface area contributed by atoms with Crippen molar-refractivity contribution in [3.05, 3.63) is 29.2 Å². The Kier molecular flexibility index (Phi) is 1.99. The summed E-state index contributed by atoms with van der Waals surface area (Å²) in [5, 5.41) is 19.0. The Balaban J connectivity index is 2.77. The molecule has 1 aliphatic rings. The molecule has 6 heteroatoms. The van der Waals surface area contributed by atoms with E-state index in [0.29, 0.717) is 5.56 Å². The highest BCUT2D eigenvalue weighted by Crippen LogP contribution is 2.24. The molecule has 0 aromatic heterocycles. The summed E-state index contributed by atoms with van der Waals surface area (Å²) < 4.78 is 22.9. The van der Waals surface area contributed by atoms with Crippen LogP contribution < -0.4 is 5.46 Å². The average Bonchev–Trinajstić information content (AvgIpc) is 2.43. The van der Waals surface area contributed by atoms with Crippen LogP contribution in [0.25, 0.3) is 6.08 Å². The van der Waals surface area contributed by atoms with Crippen LogP contribution in [0.5, 0.6) is 0 Å². The fourth-order valence-corrected chi connectivity index (χ4v) is 2.90. The SMILES string of the molecule is O=S1(=O)C=Cc2cccc(B(O)O)c21. The van der Waals surface area contributed by atoms with Gasteiger partial charge in [-0.25, -0.2) is 8.42 Å². The van der Waals surface area contributed by atoms with E-state index in [4.69, 9.17) is 10.0 Å². The van der Waals surface area contributed by atoms with Crippen LogP contribution in [0.4, 0.5) is 0 Å². The number of hydrogen-bond acceptors (Lipinski definition) is 4. The largest absolute Gasteiger partial charge is 0.489 e. The van der Waals surface area contributed by atoms with Gasteiger partial charge in [-0.1, -0.05) is 18.2 Å². The number of rotatable bonds is 1. The van der Waals surface area contributed by atoms with Crippen molar-refractivity contribution < 1.29 is 18.5 Å². The highest BCUT2D eigenvalue weighted by Gasteiger charge is 2.28. The second-order valence-corrected chi connectivity index (χ2v) is 4.76. The molecule has 0 aliphatic carbocycles. The third-order valence-electron chi connectivity index (χ3n) is 2.07. The summed E-state index contributed by atoms with van der Waals surface area (Å²) >= 11 is 0. The molecule has 0 atom stereocenters. The molecule has 1 aromatic carbocycles. The zero-order valence-electron chi connectivity index (χ0n) is 7.08. The summed E-state index contributed by atoms with van der Waals surface area (Å²) in [7, 11) is -5.25. The van der Waals surface area contributed by atoms with E-state index in [1.807, 2.05) is 0 Å². The van der Waals surface area contributed by atoms with Crippen molar-refractivity contribution in [1.29, 1.82) is 0 Å². The Morgan fingerprint density at radius 3 is 2.57 bits per heavy atom. The second kappa shape index (κ2) is 2.95. The zero-order chi connectivity index (χ0) is 10.3. The summed E-state index contributed by atoms with van der Waals surface area (Å²) in [6.45, 7) is 0. The molecule has 1 aliphatic heterocycles. The van der Waals surface area contributed by atoms with Gasteiger partial charge in [-0.3, -0.25) is 0 Å². The molecule has 2 N–H and O–H groups in total. The molecule has 0 saturated heterocycles. The average molecular weight is 210 g/mol. The molecule has 14 heavy (non-hydrogen) atoms. The quantitative estimate of drug-likeness (QED) is 0.590. The molecule has 2 rings (SSSR count). The van der Waals surface area contributed by atoms with Crippen LogP contribution in [-0.4, -0.2) is 25.6 Å². The summed E-state index contributed by atoms with van der Waals surface area (Å²) in [5.41, 5.74) is 0.517. The van der Waals surface area contributed by atoms with Gasteiger partial charge in [0.15, 0.2) is 9.84 Å². The lowest BCUT2D eigenvalue weighted by Gasteiger charge is -2.05. The molecule has 0 bridgehead atoms. The van der Waals surface area contributed by atoms with Crippen LogP contribution in [0.1, 0.15) is 5.56 Å². The minimum Gasteiger partial charge on any atom is -0.423 e. The van der Waals surface area contributed by atoms with Crippen molar-refractivity contribution in [1.82, 2.24) is 0 Å². The molecule has 0 radical (unpaired) electrons. The maximum absolute atomic E-state index is 11.5. The van der Waals surface area contributed by atoms with E-state index in [2.05, 4.69) is 0 Å². The fraction of sp³-hybridized carbons (Fsp3) is 0. The zero-order valence-corrected chi connectivity index (χ0v) is 7.90. The molecular formula is C8H7BO4S. The van der Waals surface area contributed by atoms with Crippen molar-refractivity contribution in [2.24, 2.45) is 0 Å². The molecule has 1 aromatic rings. The van der Waals surface area contributed by atoms with E-state index in [0.717, 1.165) is 5.41 Å². The van der Waals surface area contributed by atoms with E-state index < -0.39 is 17.0 Å². The van der Waals surface area contributed by atoms with Crippen LogP contribution in [0.15, 0.2) is 28.5 Å². The fourth-order valence-electron chi connectivity index (χ4n) is 1.47. The molecule has 0 spiro atoms. The number of sulfone groups is 1. The molecule has 0 unspecified atom stereocenters. The molecule has 1 heterocycles. The monoisotopic (exact) mass is 210 g/mol. The molecule has 72 valence electrons. The number of hydrogen-bond donors (Lipinski definition) is 2. The molecular weight excluding hydrogens is 203 g/mol. The summed E-state index contributed by atoms with van der Waals surface area (Å²) in [6, 6.07) is 4.58. The first-order valence-electron chi connectivity index (χ1n) is 3.94. The summed E-state index contributed by atoms with van der Waals surface area (Å²) in [5.74, 6) is 0. The lowest BCUT2D eigenvalue weighted by Crippen LogP contribution is -2.33. The van der Waals surface area contributed by atoms with Gasteiger partial charge in [-0.05, 0) is 11.6 Å². The predicted molar refractivity (Wildman–Crippen MR) is 52.5 cm³/mol. The van der Waals surface area contributed by atoms with E-state index in [1.54, 1.807) is 12.1 Å². The normalized spacial score (nSPS) is 16.7. The van der Waals surface area contributed by atoms with Crippen LogP contribution in [0.3, 0.4) is 0 Å². The highest BCUT2D eigenvalue weighted by molar-refractivity contribution is 7.95. The van der Waals surface area contributed by atoms with Crippen LogP contribution in [0, 0.1) is 0 Å². The van der Waals surface area contributed by atoms with E-state index in [1.165, 1.54) is 12.1 Å². The smallest absolute Gasteiger partial charge is 0.423 e. The molecule has 4 nitrogen and oxygen atoms in total. The maximum Gasteiger partial charge on any atom is 0.489 e. The Hall–Kier alpha value is -1.11. The number of fused-ring (bicyclic) bond motifs is 1. The first-order chi connectivity index (χ1) is 6.52. The van der Waals surface area contributed by atoms with Crippen molar-refractivity contribution in [2.45, 2.75) is 4.90 Å². The molecule has 0 fully saturated rings. The van der Waals surface area contributed by atoms with Crippen LogP contribution in [-0.2, 0) is 9.84 Å². The van der Waals surface area contributed by atoms with Gasteiger partial charge in [-0.2, -0.15) is 0 Å². The lowest BCUT2D eigenvalue weighted by molar-refractivity contribution is 0.424. The van der Waals surface area contributed by atoms with E-state index >= 15 is 0 Å². The summed E-state index contributed by atoms with van der Waals surface area (Å²) in [6.07, 6.45) is 1.44. The standard InChI is InChI=1S/C8H7BO4S/c10-9(11)7-3-1-2-6-4-5-14(12,13)8(6)7/h1-5,10-11H. The van der Waals surface area contributed by atoms with Crippen LogP contribution in [0.2, 0.25) is 0 Å². The van der Waals surface area contributed by atoms with Gasteiger partial charge in [0.05, 0.1) is 4.90 Å². The van der Waals surface area contributed by atoms with Gasteiger partial charge in [0.25, 0.3) is 0 Å². The maximum atomic E-state index is 11.5. The van der Waals surface area contributed by atoms with Crippen molar-refractivity contribution in [3.8, 4) is 0 Å². The Morgan fingerprint density at radius 1 is 1.21 bits per heavy atom. The Bertz CT molecular complexity index is 504. The van der Waals surface area contributed by atoms with Crippen molar-refractivity contribution >= 4 is 28.5 Å². The lowest BCUT2D eigenvalue weighted by atomic mass is 9.79. The predicted octanol–water partition coefficient (Wildman–Crippen LogP) is -0.876. The van der Waals surface area contributed by atoms with Gasteiger partial charge >= 0.3 is 7.12 Å². The van der Waals surface area contributed by atoms with Crippen molar-refractivity contribution in [3.63, 3.8) is 0 Å². The minimum atomic E-state index is -3.48. The third kappa shape index (κ3) is 1.28. The Labute approximate surface area is 81.6 Å². The second-order valence-electron chi connectivity index (χ2n) is 2.99. The molecule has 0 amide bonds.